The summed E-state index contributed by atoms with van der Waals surface area (Å²) < 4.78 is 5.94. The first-order chi connectivity index (χ1) is 17.2. The van der Waals surface area contributed by atoms with E-state index in [1.807, 2.05) is 36.4 Å². The number of hydrogen-bond acceptors (Lipinski definition) is 6. The van der Waals surface area contributed by atoms with Crippen molar-refractivity contribution in [3.63, 3.8) is 0 Å². The Kier molecular flexibility index (Phi) is 7.89. The van der Waals surface area contributed by atoms with Gasteiger partial charge in [-0.1, -0.05) is 32.9 Å². The number of rotatable bonds is 9. The van der Waals surface area contributed by atoms with E-state index in [9.17, 15) is 4.79 Å². The molecule has 1 amide bonds. The monoisotopic (exact) mass is 487 g/mol. The van der Waals surface area contributed by atoms with Crippen LogP contribution in [0.3, 0.4) is 0 Å². The van der Waals surface area contributed by atoms with Gasteiger partial charge in [0, 0.05) is 55.7 Å². The second kappa shape index (κ2) is 11.1. The molecule has 0 unspecified atom stereocenters. The van der Waals surface area contributed by atoms with Crippen molar-refractivity contribution in [2.75, 3.05) is 30.3 Å². The number of ether oxygens (including phenoxy) is 1. The molecule has 1 aliphatic rings. The SMILES string of the molecule is CC(C)N1CC(COc2cc(CNc3ncccc3C(=O)Nc3ccc(C(C)(C)C)cc3)ccn2)C1. The normalized spacial score (nSPS) is 14.4. The van der Waals surface area contributed by atoms with Gasteiger partial charge in [0.15, 0.2) is 0 Å². The molecule has 190 valence electrons. The molecule has 2 N–H and O–H groups in total. The van der Waals surface area contributed by atoms with Gasteiger partial charge in [-0.15, -0.1) is 0 Å². The second-order valence-electron chi connectivity index (χ2n) is 10.8. The Labute approximate surface area is 214 Å². The highest BCUT2D eigenvalue weighted by atomic mass is 16.5. The molecule has 36 heavy (non-hydrogen) atoms. The van der Waals surface area contributed by atoms with Crippen LogP contribution in [-0.2, 0) is 12.0 Å². The lowest BCUT2D eigenvalue weighted by atomic mass is 9.87. The van der Waals surface area contributed by atoms with Gasteiger partial charge in [0.05, 0.1) is 12.2 Å². The summed E-state index contributed by atoms with van der Waals surface area (Å²) in [4.78, 5) is 24.2. The molecule has 0 radical (unpaired) electrons. The van der Waals surface area contributed by atoms with Crippen molar-refractivity contribution >= 4 is 17.4 Å². The van der Waals surface area contributed by atoms with E-state index < -0.39 is 0 Å². The Bertz CT molecular complexity index is 1160. The fourth-order valence-corrected chi connectivity index (χ4v) is 4.15. The largest absolute Gasteiger partial charge is 0.477 e. The predicted octanol–water partition coefficient (Wildman–Crippen LogP) is 5.36. The molecular weight excluding hydrogens is 450 g/mol. The van der Waals surface area contributed by atoms with Crippen LogP contribution in [0.25, 0.3) is 0 Å². The molecule has 0 saturated carbocycles. The van der Waals surface area contributed by atoms with Gasteiger partial charge in [-0.25, -0.2) is 9.97 Å². The molecular formula is C29H37N5O2. The summed E-state index contributed by atoms with van der Waals surface area (Å²) in [7, 11) is 0. The third-order valence-corrected chi connectivity index (χ3v) is 6.50. The van der Waals surface area contributed by atoms with Crippen molar-refractivity contribution in [3.05, 3.63) is 77.6 Å². The van der Waals surface area contributed by atoms with E-state index >= 15 is 0 Å². The van der Waals surface area contributed by atoms with Gasteiger partial charge >= 0.3 is 0 Å². The number of nitrogens with zero attached hydrogens (tertiary/aromatic N) is 3. The van der Waals surface area contributed by atoms with Crippen molar-refractivity contribution in [2.45, 2.75) is 52.6 Å². The van der Waals surface area contributed by atoms with Gasteiger partial charge in [-0.05, 0) is 60.7 Å². The zero-order valence-electron chi connectivity index (χ0n) is 21.9. The fourth-order valence-electron chi connectivity index (χ4n) is 4.15. The molecule has 0 spiro atoms. The number of benzene rings is 1. The number of amides is 1. The Morgan fingerprint density at radius 1 is 1.08 bits per heavy atom. The molecule has 1 aromatic carbocycles. The molecule has 0 atom stereocenters. The average molecular weight is 488 g/mol. The number of carbonyl (C=O) groups is 1. The number of nitrogens with one attached hydrogen (secondary N) is 2. The summed E-state index contributed by atoms with van der Waals surface area (Å²) in [6.45, 7) is 14.3. The molecule has 3 aromatic rings. The summed E-state index contributed by atoms with van der Waals surface area (Å²) in [6, 6.07) is 16.0. The molecule has 0 bridgehead atoms. The molecule has 2 aromatic heterocycles. The van der Waals surface area contributed by atoms with E-state index in [2.05, 4.69) is 60.1 Å². The van der Waals surface area contributed by atoms with E-state index in [-0.39, 0.29) is 11.3 Å². The van der Waals surface area contributed by atoms with E-state index in [4.69, 9.17) is 4.74 Å². The first kappa shape index (κ1) is 25.6. The number of hydrogen-bond donors (Lipinski definition) is 2. The molecule has 7 nitrogen and oxygen atoms in total. The minimum atomic E-state index is -0.205. The van der Waals surface area contributed by atoms with Crippen molar-refractivity contribution in [2.24, 2.45) is 5.92 Å². The third kappa shape index (κ3) is 6.61. The second-order valence-corrected chi connectivity index (χ2v) is 10.8. The van der Waals surface area contributed by atoms with E-state index in [0.717, 1.165) is 24.3 Å². The maximum Gasteiger partial charge on any atom is 0.259 e. The maximum absolute atomic E-state index is 13.0. The quantitative estimate of drug-likeness (QED) is 0.423. The summed E-state index contributed by atoms with van der Waals surface area (Å²) in [5.41, 5.74) is 3.53. The minimum absolute atomic E-state index is 0.0625. The lowest BCUT2D eigenvalue weighted by molar-refractivity contribution is 0.0364. The van der Waals surface area contributed by atoms with Crippen LogP contribution in [0.15, 0.2) is 60.9 Å². The Balaban J connectivity index is 1.34. The van der Waals surface area contributed by atoms with Gasteiger partial charge in [0.25, 0.3) is 5.91 Å². The standard InChI is InChI=1S/C29H37N5O2/c1-20(2)34-17-22(18-34)19-36-26-15-21(12-14-30-26)16-32-27-25(7-6-13-31-27)28(35)33-24-10-8-23(9-11-24)29(3,4)5/h6-15,20,22H,16-19H2,1-5H3,(H,31,32)(H,33,35). The van der Waals surface area contributed by atoms with Gasteiger partial charge < -0.3 is 20.3 Å². The summed E-state index contributed by atoms with van der Waals surface area (Å²) in [6.07, 6.45) is 3.43. The Hall–Kier alpha value is -3.45. The average Bonchev–Trinajstić information content (AvgIpc) is 2.82. The molecule has 4 rings (SSSR count). The van der Waals surface area contributed by atoms with Gasteiger partial charge in [0.2, 0.25) is 5.88 Å². The highest BCUT2D eigenvalue weighted by molar-refractivity contribution is 6.07. The van der Waals surface area contributed by atoms with Crippen LogP contribution in [0.1, 0.15) is 56.1 Å². The van der Waals surface area contributed by atoms with Crippen LogP contribution >= 0.6 is 0 Å². The zero-order chi connectivity index (χ0) is 25.7. The molecule has 3 heterocycles. The summed E-state index contributed by atoms with van der Waals surface area (Å²) in [5.74, 6) is 1.50. The first-order valence-electron chi connectivity index (χ1n) is 12.6. The number of likely N-dealkylation sites (tertiary alicyclic amines) is 1. The van der Waals surface area contributed by atoms with Crippen LogP contribution < -0.4 is 15.4 Å². The van der Waals surface area contributed by atoms with Crippen LogP contribution in [0.2, 0.25) is 0 Å². The van der Waals surface area contributed by atoms with Crippen molar-refractivity contribution in [1.82, 2.24) is 14.9 Å². The van der Waals surface area contributed by atoms with Crippen LogP contribution in [0.4, 0.5) is 11.5 Å². The lowest BCUT2D eigenvalue weighted by Gasteiger charge is -2.41. The highest BCUT2D eigenvalue weighted by Crippen LogP contribution is 2.24. The molecule has 1 saturated heterocycles. The first-order valence-corrected chi connectivity index (χ1v) is 12.6. The highest BCUT2D eigenvalue weighted by Gasteiger charge is 2.28. The molecule has 1 aliphatic heterocycles. The minimum Gasteiger partial charge on any atom is -0.477 e. The number of pyridine rings is 2. The Morgan fingerprint density at radius 2 is 1.83 bits per heavy atom. The van der Waals surface area contributed by atoms with Crippen LogP contribution in [0.5, 0.6) is 5.88 Å². The van der Waals surface area contributed by atoms with Crippen LogP contribution in [-0.4, -0.2) is 46.5 Å². The van der Waals surface area contributed by atoms with E-state index in [1.165, 1.54) is 5.56 Å². The van der Waals surface area contributed by atoms with Gasteiger partial charge in [-0.3, -0.25) is 4.79 Å². The van der Waals surface area contributed by atoms with Crippen molar-refractivity contribution < 1.29 is 9.53 Å². The van der Waals surface area contributed by atoms with E-state index in [0.29, 0.717) is 42.4 Å². The van der Waals surface area contributed by atoms with Gasteiger partial charge in [-0.2, -0.15) is 0 Å². The maximum atomic E-state index is 13.0. The lowest BCUT2D eigenvalue weighted by Crippen LogP contribution is -2.52. The summed E-state index contributed by atoms with van der Waals surface area (Å²) in [5, 5.41) is 6.28. The number of aromatic nitrogens is 2. The van der Waals surface area contributed by atoms with Crippen molar-refractivity contribution in [1.29, 1.82) is 0 Å². The summed E-state index contributed by atoms with van der Waals surface area (Å²) >= 11 is 0. The number of anilines is 2. The molecule has 7 heteroatoms. The Morgan fingerprint density at radius 3 is 2.53 bits per heavy atom. The van der Waals surface area contributed by atoms with E-state index in [1.54, 1.807) is 24.5 Å². The van der Waals surface area contributed by atoms with Gasteiger partial charge in [0.1, 0.15) is 5.82 Å². The third-order valence-electron chi connectivity index (χ3n) is 6.50. The molecule has 1 fully saturated rings. The molecule has 0 aliphatic carbocycles. The smallest absolute Gasteiger partial charge is 0.259 e. The predicted molar refractivity (Wildman–Crippen MR) is 145 cm³/mol. The topological polar surface area (TPSA) is 79.4 Å². The van der Waals surface area contributed by atoms with Crippen LogP contribution in [0, 0.1) is 5.92 Å². The number of carbonyl (C=O) groups excluding carboxylic acids is 1. The zero-order valence-corrected chi connectivity index (χ0v) is 21.9. The van der Waals surface area contributed by atoms with Crippen molar-refractivity contribution in [3.8, 4) is 5.88 Å². The fraction of sp³-hybridized carbons (Fsp3) is 0.414.